The summed E-state index contributed by atoms with van der Waals surface area (Å²) in [7, 11) is 2.19. The maximum atomic E-state index is 5.46. The lowest BCUT2D eigenvalue weighted by molar-refractivity contribution is 0.0342. The molecule has 0 unspecified atom stereocenters. The third kappa shape index (κ3) is 5.30. The Hall–Kier alpha value is -2.84. The molecule has 2 fully saturated rings. The fourth-order valence-corrected chi connectivity index (χ4v) is 5.91. The number of fused-ring (bicyclic) bond motifs is 1. The van der Waals surface area contributed by atoms with Crippen molar-refractivity contribution >= 4 is 27.2 Å². The Labute approximate surface area is 217 Å². The monoisotopic (exact) mass is 499 g/mol. The summed E-state index contributed by atoms with van der Waals surface area (Å²) in [5.41, 5.74) is 7.37. The number of morpholine rings is 1. The summed E-state index contributed by atoms with van der Waals surface area (Å²) in [4.78, 5) is 17.0. The van der Waals surface area contributed by atoms with E-state index in [2.05, 4.69) is 80.6 Å². The van der Waals surface area contributed by atoms with Crippen LogP contribution in [0, 0.1) is 0 Å². The van der Waals surface area contributed by atoms with Crippen LogP contribution in [0.4, 0.5) is 5.69 Å². The largest absolute Gasteiger partial charge is 0.379 e. The van der Waals surface area contributed by atoms with E-state index in [1.807, 2.05) is 6.20 Å². The van der Waals surface area contributed by atoms with E-state index in [1.165, 1.54) is 27.9 Å². The summed E-state index contributed by atoms with van der Waals surface area (Å²) >= 11 is 1.72. The highest BCUT2D eigenvalue weighted by atomic mass is 32.1. The number of benzene rings is 2. The van der Waals surface area contributed by atoms with Gasteiger partial charge in [-0.15, -0.1) is 11.3 Å². The molecule has 4 aromatic rings. The molecule has 0 atom stereocenters. The number of thiophene rings is 1. The SMILES string of the molecule is CN1CCN(c2ccc(-c3csc4cnc(Cc5ccc(CN6CCOCC6)cc5)nc34)cc2)CC1. The minimum Gasteiger partial charge on any atom is -0.379 e. The first-order chi connectivity index (χ1) is 17.7. The molecule has 0 radical (unpaired) electrons. The average molecular weight is 500 g/mol. The van der Waals surface area contributed by atoms with E-state index in [0.29, 0.717) is 0 Å². The van der Waals surface area contributed by atoms with Crippen LogP contribution >= 0.6 is 11.3 Å². The van der Waals surface area contributed by atoms with Gasteiger partial charge in [0.2, 0.25) is 0 Å². The van der Waals surface area contributed by atoms with E-state index in [-0.39, 0.29) is 0 Å². The van der Waals surface area contributed by atoms with Gasteiger partial charge >= 0.3 is 0 Å². The van der Waals surface area contributed by atoms with Gasteiger partial charge in [0, 0.05) is 75.1 Å². The van der Waals surface area contributed by atoms with Crippen LogP contribution in [-0.2, 0) is 17.7 Å². The van der Waals surface area contributed by atoms with Crippen molar-refractivity contribution in [1.82, 2.24) is 19.8 Å². The van der Waals surface area contributed by atoms with Crippen LogP contribution < -0.4 is 4.90 Å². The second-order valence-electron chi connectivity index (χ2n) is 9.87. The van der Waals surface area contributed by atoms with Crippen molar-refractivity contribution in [3.8, 4) is 11.1 Å². The third-order valence-electron chi connectivity index (χ3n) is 7.31. The number of hydrogen-bond acceptors (Lipinski definition) is 7. The van der Waals surface area contributed by atoms with E-state index < -0.39 is 0 Å². The summed E-state index contributed by atoms with van der Waals surface area (Å²) in [6.07, 6.45) is 2.72. The van der Waals surface area contributed by atoms with E-state index in [0.717, 1.165) is 81.5 Å². The third-order valence-corrected chi connectivity index (χ3v) is 8.21. The molecular weight excluding hydrogens is 466 g/mol. The fourth-order valence-electron chi connectivity index (χ4n) is 5.03. The highest BCUT2D eigenvalue weighted by Crippen LogP contribution is 2.33. The molecule has 4 heterocycles. The van der Waals surface area contributed by atoms with Crippen LogP contribution in [0.25, 0.3) is 21.3 Å². The zero-order valence-corrected chi connectivity index (χ0v) is 21.7. The van der Waals surface area contributed by atoms with Crippen molar-refractivity contribution in [2.45, 2.75) is 13.0 Å². The minimum atomic E-state index is 0.741. The van der Waals surface area contributed by atoms with Crippen LogP contribution in [-0.4, -0.2) is 79.3 Å². The van der Waals surface area contributed by atoms with Gasteiger partial charge in [-0.1, -0.05) is 36.4 Å². The molecule has 0 bridgehead atoms. The highest BCUT2D eigenvalue weighted by Gasteiger charge is 2.16. The minimum absolute atomic E-state index is 0.741. The Bertz CT molecular complexity index is 1290. The Kier molecular flexibility index (Phi) is 6.96. The Balaban J connectivity index is 1.16. The van der Waals surface area contributed by atoms with Crippen molar-refractivity contribution < 1.29 is 4.74 Å². The lowest BCUT2D eigenvalue weighted by Gasteiger charge is -2.34. The standard InChI is InChI=1S/C29H33N5OS/c1-32-10-12-34(13-11-32)25-8-6-24(7-9-25)26-21-36-27-19-30-28(31-29(26)27)18-22-2-4-23(5-3-22)20-33-14-16-35-17-15-33/h2-9,19,21H,10-18,20H2,1H3. The average Bonchev–Trinajstić information content (AvgIpc) is 3.34. The first kappa shape index (κ1) is 23.6. The first-order valence-electron chi connectivity index (χ1n) is 12.9. The predicted octanol–water partition coefficient (Wildman–Crippen LogP) is 4.53. The summed E-state index contributed by atoms with van der Waals surface area (Å²) in [5.74, 6) is 0.872. The molecule has 2 aromatic carbocycles. The topological polar surface area (TPSA) is 44.7 Å². The highest BCUT2D eigenvalue weighted by molar-refractivity contribution is 7.17. The Morgan fingerprint density at radius 1 is 0.861 bits per heavy atom. The quantitative estimate of drug-likeness (QED) is 0.388. The molecule has 186 valence electrons. The van der Waals surface area contributed by atoms with Gasteiger partial charge < -0.3 is 14.5 Å². The molecule has 2 aliphatic heterocycles. The normalized spacial score (nSPS) is 17.6. The number of likely N-dealkylation sites (N-methyl/N-ethyl adjacent to an activating group) is 1. The number of aromatic nitrogens is 2. The zero-order valence-electron chi connectivity index (χ0n) is 20.9. The van der Waals surface area contributed by atoms with Crippen molar-refractivity contribution in [1.29, 1.82) is 0 Å². The van der Waals surface area contributed by atoms with Crippen LogP contribution in [0.1, 0.15) is 17.0 Å². The molecule has 6 rings (SSSR count). The number of ether oxygens (including phenoxy) is 1. The fraction of sp³-hybridized carbons (Fsp3) is 0.379. The predicted molar refractivity (Wildman–Crippen MR) is 148 cm³/mol. The smallest absolute Gasteiger partial charge is 0.133 e. The second-order valence-corrected chi connectivity index (χ2v) is 10.8. The maximum absolute atomic E-state index is 5.46. The number of hydrogen-bond donors (Lipinski definition) is 0. The van der Waals surface area contributed by atoms with Crippen LogP contribution in [0.2, 0.25) is 0 Å². The van der Waals surface area contributed by atoms with Gasteiger partial charge in [0.1, 0.15) is 5.82 Å². The molecule has 36 heavy (non-hydrogen) atoms. The lowest BCUT2D eigenvalue weighted by atomic mass is 10.1. The van der Waals surface area contributed by atoms with Gasteiger partial charge in [-0.05, 0) is 35.9 Å². The summed E-state index contributed by atoms with van der Waals surface area (Å²) in [6, 6.07) is 17.9. The van der Waals surface area contributed by atoms with Crippen molar-refractivity contribution in [3.63, 3.8) is 0 Å². The lowest BCUT2D eigenvalue weighted by Crippen LogP contribution is -2.44. The summed E-state index contributed by atoms with van der Waals surface area (Å²) in [6.45, 7) is 9.09. The number of rotatable bonds is 6. The van der Waals surface area contributed by atoms with Crippen molar-refractivity contribution in [2.24, 2.45) is 0 Å². The summed E-state index contributed by atoms with van der Waals surface area (Å²) < 4.78 is 6.60. The van der Waals surface area contributed by atoms with Crippen molar-refractivity contribution in [3.05, 3.63) is 77.1 Å². The Morgan fingerprint density at radius 3 is 2.33 bits per heavy atom. The molecule has 0 saturated carbocycles. The molecule has 2 aliphatic rings. The molecule has 0 aliphatic carbocycles. The van der Waals surface area contributed by atoms with Gasteiger partial charge in [0.05, 0.1) is 23.4 Å². The Morgan fingerprint density at radius 2 is 1.58 bits per heavy atom. The zero-order chi connectivity index (χ0) is 24.3. The molecule has 7 heteroatoms. The molecule has 0 spiro atoms. The van der Waals surface area contributed by atoms with Crippen LogP contribution in [0.15, 0.2) is 60.1 Å². The first-order valence-corrected chi connectivity index (χ1v) is 13.7. The van der Waals surface area contributed by atoms with Crippen molar-refractivity contribution in [2.75, 3.05) is 64.4 Å². The molecule has 0 amide bonds. The van der Waals surface area contributed by atoms with Gasteiger partial charge in [-0.2, -0.15) is 0 Å². The van der Waals surface area contributed by atoms with Gasteiger partial charge in [0.15, 0.2) is 0 Å². The van der Waals surface area contributed by atoms with E-state index in [9.17, 15) is 0 Å². The van der Waals surface area contributed by atoms with E-state index in [4.69, 9.17) is 9.72 Å². The molecule has 6 nitrogen and oxygen atoms in total. The molecular formula is C29H33N5OS. The number of nitrogens with zero attached hydrogens (tertiary/aromatic N) is 5. The van der Waals surface area contributed by atoms with Crippen LogP contribution in [0.3, 0.4) is 0 Å². The van der Waals surface area contributed by atoms with Gasteiger partial charge in [-0.25, -0.2) is 9.97 Å². The molecule has 2 aromatic heterocycles. The van der Waals surface area contributed by atoms with E-state index >= 15 is 0 Å². The summed E-state index contributed by atoms with van der Waals surface area (Å²) in [5, 5.41) is 2.22. The van der Waals surface area contributed by atoms with Crippen LogP contribution in [0.5, 0.6) is 0 Å². The van der Waals surface area contributed by atoms with Gasteiger partial charge in [0.25, 0.3) is 0 Å². The maximum Gasteiger partial charge on any atom is 0.133 e. The molecule has 0 N–H and O–H groups in total. The van der Waals surface area contributed by atoms with Gasteiger partial charge in [-0.3, -0.25) is 4.90 Å². The number of piperazine rings is 1. The van der Waals surface area contributed by atoms with E-state index in [1.54, 1.807) is 11.3 Å². The second kappa shape index (κ2) is 10.6. The molecule has 2 saturated heterocycles. The number of anilines is 1.